The number of carbonyl (C=O) groups is 1. The molecule has 2 fully saturated rings. The second-order valence-electron chi connectivity index (χ2n) is 6.81. The molecule has 0 spiro atoms. The molecule has 2 saturated heterocycles. The van der Waals surface area contributed by atoms with E-state index in [1.54, 1.807) is 4.90 Å². The first kappa shape index (κ1) is 17.5. The van der Waals surface area contributed by atoms with Crippen LogP contribution in [0.25, 0.3) is 0 Å². The van der Waals surface area contributed by atoms with E-state index < -0.39 is 9.84 Å². The first-order chi connectivity index (χ1) is 12.4. The van der Waals surface area contributed by atoms with Crippen molar-refractivity contribution in [3.8, 4) is 0 Å². The highest BCUT2D eigenvalue weighted by Gasteiger charge is 2.49. The Labute approximate surface area is 158 Å². The number of piperazine rings is 1. The van der Waals surface area contributed by atoms with Crippen LogP contribution in [0.15, 0.2) is 54.6 Å². The fraction of sp³-hybridized carbons (Fsp3) is 0.316. The number of hydrogen-bond acceptors (Lipinski definition) is 4. The zero-order valence-electron chi connectivity index (χ0n) is 14.1. The van der Waals surface area contributed by atoms with Crippen molar-refractivity contribution in [2.24, 2.45) is 0 Å². The molecule has 2 aromatic carbocycles. The number of fused-ring (bicyclic) bond motifs is 1. The molecule has 26 heavy (non-hydrogen) atoms. The van der Waals surface area contributed by atoms with Gasteiger partial charge in [0, 0.05) is 23.3 Å². The molecular formula is C19H19ClN2O3S. The van der Waals surface area contributed by atoms with Gasteiger partial charge in [-0.25, -0.2) is 8.42 Å². The Hall–Kier alpha value is -1.89. The largest absolute Gasteiger partial charge is 0.306 e. The maximum Gasteiger partial charge on any atom is 0.241 e. The van der Waals surface area contributed by atoms with Crippen molar-refractivity contribution < 1.29 is 13.2 Å². The summed E-state index contributed by atoms with van der Waals surface area (Å²) in [5.41, 5.74) is 1.65. The van der Waals surface area contributed by atoms with Crippen molar-refractivity contribution in [2.75, 3.05) is 23.0 Å². The summed E-state index contributed by atoms with van der Waals surface area (Å²) in [6.45, 7) is 0.640. The Kier molecular flexibility index (Phi) is 4.50. The average molecular weight is 391 g/mol. The Bertz CT molecular complexity index is 933. The van der Waals surface area contributed by atoms with Gasteiger partial charge in [-0.3, -0.25) is 9.69 Å². The van der Waals surface area contributed by atoms with Crippen LogP contribution < -0.4 is 4.90 Å². The van der Waals surface area contributed by atoms with Crippen LogP contribution in [-0.4, -0.2) is 49.4 Å². The number of hydrogen-bond donors (Lipinski definition) is 0. The summed E-state index contributed by atoms with van der Waals surface area (Å²) in [6.07, 6.45) is 0. The van der Waals surface area contributed by atoms with E-state index in [4.69, 9.17) is 11.6 Å². The Morgan fingerprint density at radius 2 is 1.62 bits per heavy atom. The molecule has 0 saturated carbocycles. The van der Waals surface area contributed by atoms with Crippen LogP contribution in [-0.2, 0) is 21.2 Å². The molecule has 2 aromatic rings. The van der Waals surface area contributed by atoms with Crippen LogP contribution in [0.4, 0.5) is 5.69 Å². The summed E-state index contributed by atoms with van der Waals surface area (Å²) in [7, 11) is -3.20. The third-order valence-corrected chi connectivity index (χ3v) is 7.13. The number of nitrogens with zero attached hydrogens (tertiary/aromatic N) is 2. The van der Waals surface area contributed by atoms with E-state index in [1.807, 2.05) is 59.5 Å². The number of benzene rings is 2. The summed E-state index contributed by atoms with van der Waals surface area (Å²) in [5.74, 6) is -0.0163. The molecule has 136 valence electrons. The molecule has 0 aromatic heterocycles. The standard InChI is InChI=1S/C19H19ClN2O3S/c20-16-9-5-4-6-14(16)10-21-11-19(23)22(15-7-2-1-3-8-15)18-13-26(24,25)12-17(18)21/h1-9,17-18H,10-13H2. The van der Waals surface area contributed by atoms with Crippen LogP contribution in [0.2, 0.25) is 5.02 Å². The van der Waals surface area contributed by atoms with Gasteiger partial charge >= 0.3 is 0 Å². The fourth-order valence-electron chi connectivity index (χ4n) is 3.90. The monoisotopic (exact) mass is 390 g/mol. The minimum absolute atomic E-state index is 0.00266. The number of sulfone groups is 1. The van der Waals surface area contributed by atoms with Gasteiger partial charge in [-0.15, -0.1) is 0 Å². The van der Waals surface area contributed by atoms with Gasteiger partial charge in [0.1, 0.15) is 0 Å². The number of rotatable bonds is 3. The quantitative estimate of drug-likeness (QED) is 0.807. The van der Waals surface area contributed by atoms with E-state index in [0.29, 0.717) is 11.6 Å². The predicted octanol–water partition coefficient (Wildman–Crippen LogP) is 2.35. The third-order valence-electron chi connectivity index (χ3n) is 5.07. The van der Waals surface area contributed by atoms with Crippen LogP contribution in [0.3, 0.4) is 0 Å². The van der Waals surface area contributed by atoms with E-state index >= 15 is 0 Å². The van der Waals surface area contributed by atoms with Crippen molar-refractivity contribution in [1.82, 2.24) is 4.90 Å². The molecule has 5 nitrogen and oxygen atoms in total. The van der Waals surface area contributed by atoms with Crippen molar-refractivity contribution in [1.29, 1.82) is 0 Å². The van der Waals surface area contributed by atoms with E-state index in [1.165, 1.54) is 0 Å². The van der Waals surface area contributed by atoms with E-state index in [-0.39, 0.29) is 36.0 Å². The first-order valence-electron chi connectivity index (χ1n) is 8.49. The van der Waals surface area contributed by atoms with Crippen molar-refractivity contribution in [2.45, 2.75) is 18.6 Å². The van der Waals surface area contributed by atoms with Crippen LogP contribution in [0, 0.1) is 0 Å². The lowest BCUT2D eigenvalue weighted by molar-refractivity contribution is -0.123. The van der Waals surface area contributed by atoms with E-state index in [2.05, 4.69) is 0 Å². The highest BCUT2D eigenvalue weighted by molar-refractivity contribution is 7.91. The van der Waals surface area contributed by atoms with Crippen molar-refractivity contribution >= 4 is 33.0 Å². The number of anilines is 1. The third kappa shape index (κ3) is 3.24. The van der Waals surface area contributed by atoms with E-state index in [0.717, 1.165) is 11.3 Å². The van der Waals surface area contributed by atoms with Gasteiger partial charge in [0.15, 0.2) is 9.84 Å². The molecule has 0 bridgehead atoms. The van der Waals surface area contributed by atoms with Gasteiger partial charge in [-0.2, -0.15) is 0 Å². The second kappa shape index (κ2) is 6.68. The average Bonchev–Trinajstić information content (AvgIpc) is 2.93. The normalized spacial score (nSPS) is 25.3. The molecule has 0 N–H and O–H groups in total. The fourth-order valence-corrected chi connectivity index (χ4v) is 6.08. The molecular weight excluding hydrogens is 372 g/mol. The zero-order valence-corrected chi connectivity index (χ0v) is 15.7. The van der Waals surface area contributed by atoms with Crippen LogP contribution >= 0.6 is 11.6 Å². The number of halogens is 1. The maximum absolute atomic E-state index is 12.9. The van der Waals surface area contributed by atoms with Gasteiger partial charge in [0.05, 0.1) is 24.1 Å². The van der Waals surface area contributed by atoms with Crippen LogP contribution in [0.5, 0.6) is 0 Å². The summed E-state index contributed by atoms with van der Waals surface area (Å²) in [4.78, 5) is 16.5. The Balaban J connectivity index is 1.68. The maximum atomic E-state index is 12.9. The molecule has 2 unspecified atom stereocenters. The van der Waals surface area contributed by atoms with Gasteiger partial charge in [0.25, 0.3) is 0 Å². The second-order valence-corrected chi connectivity index (χ2v) is 9.37. The molecule has 2 atom stereocenters. The van der Waals surface area contributed by atoms with E-state index in [9.17, 15) is 13.2 Å². The Morgan fingerprint density at radius 1 is 0.962 bits per heavy atom. The van der Waals surface area contributed by atoms with Crippen molar-refractivity contribution in [3.05, 3.63) is 65.2 Å². The molecule has 2 aliphatic heterocycles. The number of amides is 1. The lowest BCUT2D eigenvalue weighted by Gasteiger charge is -2.43. The smallest absolute Gasteiger partial charge is 0.241 e. The highest BCUT2D eigenvalue weighted by Crippen LogP contribution is 2.33. The van der Waals surface area contributed by atoms with Gasteiger partial charge in [-0.05, 0) is 23.8 Å². The first-order valence-corrected chi connectivity index (χ1v) is 10.7. The minimum Gasteiger partial charge on any atom is -0.306 e. The lowest BCUT2D eigenvalue weighted by atomic mass is 10.0. The molecule has 2 aliphatic rings. The number of carbonyl (C=O) groups excluding carboxylic acids is 1. The number of para-hydroxylation sites is 1. The topological polar surface area (TPSA) is 57.7 Å². The summed E-state index contributed by atoms with van der Waals surface area (Å²) < 4.78 is 24.7. The molecule has 4 rings (SSSR count). The molecule has 0 aliphatic carbocycles. The molecule has 0 radical (unpaired) electrons. The summed E-state index contributed by atoms with van der Waals surface area (Å²) >= 11 is 6.26. The highest BCUT2D eigenvalue weighted by atomic mass is 35.5. The SMILES string of the molecule is O=C1CN(Cc2ccccc2Cl)C2CS(=O)(=O)CC2N1c1ccccc1. The minimum atomic E-state index is -3.20. The molecule has 2 heterocycles. The van der Waals surface area contributed by atoms with Crippen LogP contribution in [0.1, 0.15) is 5.56 Å². The molecule has 1 amide bonds. The van der Waals surface area contributed by atoms with Gasteiger partial charge in [0.2, 0.25) is 5.91 Å². The van der Waals surface area contributed by atoms with Gasteiger partial charge < -0.3 is 4.90 Å². The van der Waals surface area contributed by atoms with Crippen molar-refractivity contribution in [3.63, 3.8) is 0 Å². The lowest BCUT2D eigenvalue weighted by Crippen LogP contribution is -2.61. The Morgan fingerprint density at radius 3 is 2.35 bits per heavy atom. The predicted molar refractivity (Wildman–Crippen MR) is 102 cm³/mol. The summed E-state index contributed by atoms with van der Waals surface area (Å²) in [6, 6.07) is 16.2. The molecule has 7 heteroatoms. The van der Waals surface area contributed by atoms with Gasteiger partial charge in [-0.1, -0.05) is 48.0 Å². The summed E-state index contributed by atoms with van der Waals surface area (Å²) in [5, 5.41) is 0.628. The zero-order chi connectivity index (χ0) is 18.3.